The van der Waals surface area contributed by atoms with Gasteiger partial charge in [0.25, 0.3) is 0 Å². The topological polar surface area (TPSA) is 55.4 Å². The Morgan fingerprint density at radius 2 is 2.25 bits per heavy atom. The van der Waals surface area contributed by atoms with Crippen LogP contribution in [0.5, 0.6) is 0 Å². The Hall–Kier alpha value is -1.06. The Bertz CT molecular complexity index is 202. The molecule has 0 aromatic rings. The second-order valence-electron chi connectivity index (χ2n) is 2.98. The highest BCUT2D eigenvalue weighted by atomic mass is 16.5. The van der Waals surface area contributed by atoms with Crippen molar-refractivity contribution in [1.29, 1.82) is 0 Å². The summed E-state index contributed by atoms with van der Waals surface area (Å²) >= 11 is 0. The van der Waals surface area contributed by atoms with Crippen LogP contribution in [0, 0.1) is 5.92 Å². The minimum absolute atomic E-state index is 0.196. The van der Waals surface area contributed by atoms with Crippen molar-refractivity contribution < 1.29 is 14.3 Å². The molecule has 0 aromatic carbocycles. The zero-order chi connectivity index (χ0) is 9.14. The number of carbonyl (C=O) groups excluding carboxylic acids is 2. The maximum atomic E-state index is 10.9. The van der Waals surface area contributed by atoms with Gasteiger partial charge in [0, 0.05) is 6.04 Å². The zero-order valence-electron chi connectivity index (χ0n) is 7.29. The second-order valence-corrected chi connectivity index (χ2v) is 2.98. The molecule has 2 unspecified atom stereocenters. The van der Waals surface area contributed by atoms with E-state index in [4.69, 9.17) is 0 Å². The van der Waals surface area contributed by atoms with Crippen molar-refractivity contribution in [2.24, 2.45) is 5.92 Å². The van der Waals surface area contributed by atoms with Crippen LogP contribution in [0.15, 0.2) is 0 Å². The summed E-state index contributed by atoms with van der Waals surface area (Å²) in [6, 6.07) is 0.196. The van der Waals surface area contributed by atoms with Crippen molar-refractivity contribution in [1.82, 2.24) is 5.32 Å². The Kier molecular flexibility index (Phi) is 2.68. The number of hydrogen-bond donors (Lipinski definition) is 1. The Balaban J connectivity index is 2.24. The first-order chi connectivity index (χ1) is 5.69. The number of ether oxygens (including phenoxy) is 1. The molecule has 1 amide bonds. The average Bonchev–Trinajstić information content (AvgIpc) is 2.81. The third-order valence-electron chi connectivity index (χ3n) is 2.13. The maximum Gasteiger partial charge on any atom is 0.396 e. The molecule has 1 fully saturated rings. The van der Waals surface area contributed by atoms with E-state index in [-0.39, 0.29) is 6.04 Å². The van der Waals surface area contributed by atoms with Gasteiger partial charge < -0.3 is 10.1 Å². The van der Waals surface area contributed by atoms with Crippen LogP contribution >= 0.6 is 0 Å². The molecule has 0 aliphatic heterocycles. The summed E-state index contributed by atoms with van der Waals surface area (Å²) in [5.41, 5.74) is 0. The summed E-state index contributed by atoms with van der Waals surface area (Å²) in [6.07, 6.45) is 2.03. The van der Waals surface area contributed by atoms with Crippen molar-refractivity contribution in [2.75, 3.05) is 7.11 Å². The fourth-order valence-electron chi connectivity index (χ4n) is 1.20. The molecule has 1 N–H and O–H groups in total. The number of hydrogen-bond acceptors (Lipinski definition) is 3. The molecule has 0 radical (unpaired) electrons. The standard InChI is InChI=1S/C8H13NO3/c1-3-5-4-6(5)9-7(10)8(11)12-2/h5-6H,3-4H2,1-2H3,(H,9,10). The van der Waals surface area contributed by atoms with Crippen LogP contribution in [0.1, 0.15) is 19.8 Å². The predicted octanol–water partition coefficient (Wildman–Crippen LogP) is 0.0741. The summed E-state index contributed by atoms with van der Waals surface area (Å²) in [6.45, 7) is 2.06. The molecule has 0 spiro atoms. The Labute approximate surface area is 71.3 Å². The predicted molar refractivity (Wildman–Crippen MR) is 42.3 cm³/mol. The highest BCUT2D eigenvalue weighted by molar-refractivity contribution is 6.32. The van der Waals surface area contributed by atoms with Gasteiger partial charge in [-0.3, -0.25) is 4.79 Å². The van der Waals surface area contributed by atoms with Crippen molar-refractivity contribution >= 4 is 11.9 Å². The number of carbonyl (C=O) groups is 2. The van der Waals surface area contributed by atoms with Crippen LogP contribution in [0.4, 0.5) is 0 Å². The molecule has 68 valence electrons. The minimum Gasteiger partial charge on any atom is -0.462 e. The monoisotopic (exact) mass is 171 g/mol. The van der Waals surface area contributed by atoms with E-state index in [2.05, 4.69) is 17.0 Å². The van der Waals surface area contributed by atoms with Crippen LogP contribution in [0.3, 0.4) is 0 Å². The van der Waals surface area contributed by atoms with E-state index in [9.17, 15) is 9.59 Å². The van der Waals surface area contributed by atoms with Crippen molar-refractivity contribution in [2.45, 2.75) is 25.8 Å². The molecule has 0 saturated heterocycles. The fraction of sp³-hybridized carbons (Fsp3) is 0.750. The average molecular weight is 171 g/mol. The molecule has 1 rings (SSSR count). The molecule has 12 heavy (non-hydrogen) atoms. The lowest BCUT2D eigenvalue weighted by atomic mass is 10.3. The SMILES string of the molecule is CCC1CC1NC(=O)C(=O)OC. The first-order valence-electron chi connectivity index (χ1n) is 4.07. The molecule has 4 heteroatoms. The van der Waals surface area contributed by atoms with Crippen LogP contribution in [-0.4, -0.2) is 25.0 Å². The van der Waals surface area contributed by atoms with Gasteiger partial charge in [-0.25, -0.2) is 4.79 Å². The van der Waals surface area contributed by atoms with Crippen LogP contribution in [-0.2, 0) is 14.3 Å². The fourth-order valence-corrected chi connectivity index (χ4v) is 1.20. The highest BCUT2D eigenvalue weighted by Gasteiger charge is 2.37. The largest absolute Gasteiger partial charge is 0.462 e. The van der Waals surface area contributed by atoms with Crippen LogP contribution < -0.4 is 5.32 Å². The number of amides is 1. The number of esters is 1. The lowest BCUT2D eigenvalue weighted by Crippen LogP contribution is -2.34. The van der Waals surface area contributed by atoms with E-state index in [1.165, 1.54) is 7.11 Å². The summed E-state index contributed by atoms with van der Waals surface area (Å²) in [5.74, 6) is -0.881. The summed E-state index contributed by atoms with van der Waals surface area (Å²) in [4.78, 5) is 21.5. The maximum absolute atomic E-state index is 10.9. The van der Waals surface area contributed by atoms with Gasteiger partial charge in [-0.1, -0.05) is 13.3 Å². The highest BCUT2D eigenvalue weighted by Crippen LogP contribution is 2.32. The van der Waals surface area contributed by atoms with Crippen molar-refractivity contribution in [3.8, 4) is 0 Å². The van der Waals surface area contributed by atoms with Crippen LogP contribution in [0.25, 0.3) is 0 Å². The smallest absolute Gasteiger partial charge is 0.396 e. The molecular weight excluding hydrogens is 158 g/mol. The quantitative estimate of drug-likeness (QED) is 0.472. The minimum atomic E-state index is -0.809. The number of nitrogens with one attached hydrogen (secondary N) is 1. The summed E-state index contributed by atoms with van der Waals surface area (Å²) in [7, 11) is 1.20. The number of methoxy groups -OCH3 is 1. The third-order valence-corrected chi connectivity index (χ3v) is 2.13. The zero-order valence-corrected chi connectivity index (χ0v) is 7.29. The van der Waals surface area contributed by atoms with E-state index < -0.39 is 11.9 Å². The molecule has 1 aliphatic carbocycles. The van der Waals surface area contributed by atoms with Gasteiger partial charge in [0.1, 0.15) is 0 Å². The van der Waals surface area contributed by atoms with Gasteiger partial charge >= 0.3 is 11.9 Å². The van der Waals surface area contributed by atoms with Gasteiger partial charge in [-0.15, -0.1) is 0 Å². The lowest BCUT2D eigenvalue weighted by molar-refractivity contribution is -0.152. The molecular formula is C8H13NO3. The second kappa shape index (κ2) is 3.56. The lowest BCUT2D eigenvalue weighted by Gasteiger charge is -2.00. The molecule has 2 atom stereocenters. The van der Waals surface area contributed by atoms with Gasteiger partial charge in [-0.2, -0.15) is 0 Å². The first kappa shape index (κ1) is 9.03. The first-order valence-corrected chi connectivity index (χ1v) is 4.07. The van der Waals surface area contributed by atoms with Crippen LogP contribution in [0.2, 0.25) is 0 Å². The van der Waals surface area contributed by atoms with E-state index in [0.717, 1.165) is 12.8 Å². The van der Waals surface area contributed by atoms with Crippen molar-refractivity contribution in [3.63, 3.8) is 0 Å². The summed E-state index contributed by atoms with van der Waals surface area (Å²) in [5, 5.41) is 2.59. The number of rotatable bonds is 2. The molecule has 0 bridgehead atoms. The normalized spacial score (nSPS) is 26.2. The van der Waals surface area contributed by atoms with Gasteiger partial charge in [0.2, 0.25) is 0 Å². The van der Waals surface area contributed by atoms with Gasteiger partial charge in [0.15, 0.2) is 0 Å². The molecule has 1 aliphatic rings. The van der Waals surface area contributed by atoms with E-state index in [1.807, 2.05) is 0 Å². The molecule has 0 aromatic heterocycles. The third kappa shape index (κ3) is 1.96. The van der Waals surface area contributed by atoms with Crippen molar-refractivity contribution in [3.05, 3.63) is 0 Å². The molecule has 1 saturated carbocycles. The van der Waals surface area contributed by atoms with E-state index in [0.29, 0.717) is 5.92 Å². The molecule has 4 nitrogen and oxygen atoms in total. The summed E-state index contributed by atoms with van der Waals surface area (Å²) < 4.78 is 4.26. The van der Waals surface area contributed by atoms with Gasteiger partial charge in [-0.05, 0) is 12.3 Å². The van der Waals surface area contributed by atoms with E-state index >= 15 is 0 Å². The molecule has 0 heterocycles. The van der Waals surface area contributed by atoms with Gasteiger partial charge in [0.05, 0.1) is 7.11 Å². The Morgan fingerprint density at radius 3 is 2.67 bits per heavy atom. The Morgan fingerprint density at radius 1 is 1.58 bits per heavy atom. The van der Waals surface area contributed by atoms with E-state index in [1.54, 1.807) is 0 Å².